The van der Waals surface area contributed by atoms with Crippen LogP contribution < -0.4 is 15.4 Å². The average molecular weight is 339 g/mol. The number of benzene rings is 2. The predicted octanol–water partition coefficient (Wildman–Crippen LogP) is 3.73. The molecule has 4 nitrogen and oxygen atoms in total. The van der Waals surface area contributed by atoms with Gasteiger partial charge in [0.25, 0.3) is 0 Å². The number of carbonyl (C=O) groups is 1. The lowest BCUT2D eigenvalue weighted by Crippen LogP contribution is -2.29. The van der Waals surface area contributed by atoms with E-state index < -0.39 is 0 Å². The standard InChI is InChI=1S/C16H16Cl2N2O2/c1-22-12-7-5-11(6-8-12)9-19-15(21)10-20-16-13(17)3-2-4-14(16)18/h2-8,20H,9-10H2,1H3,(H,19,21). The van der Waals surface area contributed by atoms with Crippen LogP contribution in [0.2, 0.25) is 10.0 Å². The summed E-state index contributed by atoms with van der Waals surface area (Å²) in [5.74, 6) is 0.636. The molecule has 0 aliphatic heterocycles. The molecular weight excluding hydrogens is 323 g/mol. The number of carbonyl (C=O) groups excluding carboxylic acids is 1. The molecule has 0 heterocycles. The summed E-state index contributed by atoms with van der Waals surface area (Å²) in [5, 5.41) is 6.72. The van der Waals surface area contributed by atoms with Crippen molar-refractivity contribution in [1.29, 1.82) is 0 Å². The normalized spacial score (nSPS) is 10.1. The van der Waals surface area contributed by atoms with E-state index >= 15 is 0 Å². The molecule has 0 atom stereocenters. The van der Waals surface area contributed by atoms with Gasteiger partial charge in [-0.3, -0.25) is 4.79 Å². The van der Waals surface area contributed by atoms with Crippen LogP contribution in [0.1, 0.15) is 5.56 Å². The van der Waals surface area contributed by atoms with Crippen LogP contribution in [0.4, 0.5) is 5.69 Å². The van der Waals surface area contributed by atoms with Gasteiger partial charge < -0.3 is 15.4 Å². The Morgan fingerprint density at radius 2 is 1.73 bits per heavy atom. The first-order valence-electron chi connectivity index (χ1n) is 6.67. The average Bonchev–Trinajstić information content (AvgIpc) is 2.53. The molecular formula is C16H16Cl2N2O2. The molecule has 0 fully saturated rings. The van der Waals surface area contributed by atoms with Crippen molar-refractivity contribution in [1.82, 2.24) is 5.32 Å². The van der Waals surface area contributed by atoms with E-state index in [0.29, 0.717) is 22.3 Å². The van der Waals surface area contributed by atoms with Gasteiger partial charge in [-0.15, -0.1) is 0 Å². The highest BCUT2D eigenvalue weighted by Gasteiger charge is 2.07. The smallest absolute Gasteiger partial charge is 0.239 e. The molecule has 0 aliphatic carbocycles. The SMILES string of the molecule is COc1ccc(CNC(=O)CNc2c(Cl)cccc2Cl)cc1. The number of halogens is 2. The molecule has 0 unspecified atom stereocenters. The molecule has 0 aromatic heterocycles. The fraction of sp³-hybridized carbons (Fsp3) is 0.188. The third-order valence-corrected chi connectivity index (χ3v) is 3.67. The van der Waals surface area contributed by atoms with Crippen molar-refractivity contribution in [3.8, 4) is 5.75 Å². The number of para-hydroxylation sites is 1. The largest absolute Gasteiger partial charge is 0.497 e. The highest BCUT2D eigenvalue weighted by molar-refractivity contribution is 6.39. The highest BCUT2D eigenvalue weighted by Crippen LogP contribution is 2.29. The summed E-state index contributed by atoms with van der Waals surface area (Å²) >= 11 is 12.0. The zero-order chi connectivity index (χ0) is 15.9. The van der Waals surface area contributed by atoms with Crippen LogP contribution in [-0.4, -0.2) is 19.6 Å². The highest BCUT2D eigenvalue weighted by atomic mass is 35.5. The van der Waals surface area contributed by atoms with Gasteiger partial charge in [-0.25, -0.2) is 0 Å². The van der Waals surface area contributed by atoms with Crippen molar-refractivity contribution in [2.45, 2.75) is 6.54 Å². The van der Waals surface area contributed by atoms with Gasteiger partial charge in [-0.2, -0.15) is 0 Å². The summed E-state index contributed by atoms with van der Waals surface area (Å²) in [5.41, 5.74) is 1.55. The van der Waals surface area contributed by atoms with Gasteiger partial charge >= 0.3 is 0 Å². The molecule has 6 heteroatoms. The summed E-state index contributed by atoms with van der Waals surface area (Å²) in [6.07, 6.45) is 0. The predicted molar refractivity (Wildman–Crippen MR) is 89.8 cm³/mol. The fourth-order valence-electron chi connectivity index (χ4n) is 1.84. The van der Waals surface area contributed by atoms with Crippen molar-refractivity contribution < 1.29 is 9.53 Å². The lowest BCUT2D eigenvalue weighted by Gasteiger charge is -2.11. The summed E-state index contributed by atoms with van der Waals surface area (Å²) in [4.78, 5) is 11.9. The fourth-order valence-corrected chi connectivity index (χ4v) is 2.37. The topological polar surface area (TPSA) is 50.4 Å². The number of rotatable bonds is 6. The maximum atomic E-state index is 11.9. The molecule has 2 N–H and O–H groups in total. The van der Waals surface area contributed by atoms with Crippen molar-refractivity contribution >= 4 is 34.8 Å². The molecule has 0 aliphatic rings. The monoisotopic (exact) mass is 338 g/mol. The van der Waals surface area contributed by atoms with E-state index in [4.69, 9.17) is 27.9 Å². The Bertz CT molecular complexity index is 625. The molecule has 22 heavy (non-hydrogen) atoms. The van der Waals surface area contributed by atoms with Crippen molar-refractivity contribution in [3.63, 3.8) is 0 Å². The Kier molecular flexibility index (Phi) is 5.92. The van der Waals surface area contributed by atoms with E-state index in [1.165, 1.54) is 0 Å². The Morgan fingerprint density at radius 1 is 1.09 bits per heavy atom. The van der Waals surface area contributed by atoms with Crippen LogP contribution >= 0.6 is 23.2 Å². The number of methoxy groups -OCH3 is 1. The molecule has 0 saturated carbocycles. The van der Waals surface area contributed by atoms with E-state index in [-0.39, 0.29) is 12.5 Å². The third kappa shape index (κ3) is 4.55. The van der Waals surface area contributed by atoms with E-state index in [9.17, 15) is 4.79 Å². The van der Waals surface area contributed by atoms with Crippen molar-refractivity contribution in [3.05, 3.63) is 58.1 Å². The first-order valence-corrected chi connectivity index (χ1v) is 7.43. The molecule has 2 aromatic rings. The Labute approximate surface area is 139 Å². The van der Waals surface area contributed by atoms with Crippen LogP contribution in [0.5, 0.6) is 5.75 Å². The second-order valence-corrected chi connectivity index (χ2v) is 5.39. The van der Waals surface area contributed by atoms with E-state index in [1.807, 2.05) is 24.3 Å². The van der Waals surface area contributed by atoms with Gasteiger partial charge in [0, 0.05) is 6.54 Å². The summed E-state index contributed by atoms with van der Waals surface area (Å²) in [7, 11) is 1.61. The number of anilines is 1. The zero-order valence-electron chi connectivity index (χ0n) is 12.0. The van der Waals surface area contributed by atoms with Crippen LogP contribution in [0, 0.1) is 0 Å². The molecule has 116 valence electrons. The summed E-state index contributed by atoms with van der Waals surface area (Å²) in [6, 6.07) is 12.7. The van der Waals surface area contributed by atoms with Crippen LogP contribution in [-0.2, 0) is 11.3 Å². The van der Waals surface area contributed by atoms with Gasteiger partial charge in [0.1, 0.15) is 5.75 Å². The third-order valence-electron chi connectivity index (χ3n) is 3.04. The van der Waals surface area contributed by atoms with Gasteiger partial charge in [0.05, 0.1) is 29.4 Å². The Hall–Kier alpha value is -1.91. The van der Waals surface area contributed by atoms with Crippen LogP contribution in [0.15, 0.2) is 42.5 Å². The first-order chi connectivity index (χ1) is 10.6. The number of ether oxygens (including phenoxy) is 1. The molecule has 2 aromatic carbocycles. The van der Waals surface area contributed by atoms with Gasteiger partial charge in [-0.1, -0.05) is 41.4 Å². The minimum absolute atomic E-state index is 0.0968. The number of nitrogens with one attached hydrogen (secondary N) is 2. The molecule has 0 saturated heterocycles. The lowest BCUT2D eigenvalue weighted by atomic mass is 10.2. The Morgan fingerprint density at radius 3 is 2.32 bits per heavy atom. The molecule has 1 amide bonds. The zero-order valence-corrected chi connectivity index (χ0v) is 13.5. The van der Waals surface area contributed by atoms with Gasteiger partial charge in [0.2, 0.25) is 5.91 Å². The lowest BCUT2D eigenvalue weighted by molar-refractivity contribution is -0.119. The van der Waals surface area contributed by atoms with E-state index in [1.54, 1.807) is 25.3 Å². The second kappa shape index (κ2) is 7.92. The molecule has 2 rings (SSSR count). The number of hydrogen-bond acceptors (Lipinski definition) is 3. The Balaban J connectivity index is 1.83. The van der Waals surface area contributed by atoms with Crippen LogP contribution in [0.25, 0.3) is 0 Å². The summed E-state index contributed by atoms with van der Waals surface area (Å²) < 4.78 is 5.08. The first kappa shape index (κ1) is 16.5. The minimum Gasteiger partial charge on any atom is -0.497 e. The number of hydrogen-bond donors (Lipinski definition) is 2. The van der Waals surface area contributed by atoms with Gasteiger partial charge in [0.15, 0.2) is 0 Å². The summed E-state index contributed by atoms with van der Waals surface area (Å²) in [6.45, 7) is 0.542. The molecule has 0 radical (unpaired) electrons. The number of amides is 1. The minimum atomic E-state index is -0.146. The van der Waals surface area contributed by atoms with E-state index in [2.05, 4.69) is 10.6 Å². The van der Waals surface area contributed by atoms with Crippen molar-refractivity contribution in [2.24, 2.45) is 0 Å². The van der Waals surface area contributed by atoms with Crippen molar-refractivity contribution in [2.75, 3.05) is 19.0 Å². The maximum Gasteiger partial charge on any atom is 0.239 e. The second-order valence-electron chi connectivity index (χ2n) is 4.58. The van der Waals surface area contributed by atoms with Crippen LogP contribution in [0.3, 0.4) is 0 Å². The quantitative estimate of drug-likeness (QED) is 0.843. The van der Waals surface area contributed by atoms with E-state index in [0.717, 1.165) is 11.3 Å². The maximum absolute atomic E-state index is 11.9. The molecule has 0 bridgehead atoms. The molecule has 0 spiro atoms. The van der Waals surface area contributed by atoms with Gasteiger partial charge in [-0.05, 0) is 29.8 Å².